The summed E-state index contributed by atoms with van der Waals surface area (Å²) in [5.41, 5.74) is 7.42. The van der Waals surface area contributed by atoms with Gasteiger partial charge in [0.25, 0.3) is 0 Å². The summed E-state index contributed by atoms with van der Waals surface area (Å²) < 4.78 is 13.3. The lowest BCUT2D eigenvalue weighted by atomic mass is 9.96. The molecule has 1 aromatic heterocycles. The number of piperidine rings is 1. The van der Waals surface area contributed by atoms with Crippen molar-refractivity contribution in [2.75, 3.05) is 31.1 Å². The molecule has 1 aromatic carbocycles. The van der Waals surface area contributed by atoms with Crippen molar-refractivity contribution in [3.8, 4) is 0 Å². The van der Waals surface area contributed by atoms with Crippen molar-refractivity contribution in [2.45, 2.75) is 32.7 Å². The van der Waals surface area contributed by atoms with Gasteiger partial charge in [-0.3, -0.25) is 4.79 Å². The van der Waals surface area contributed by atoms with Gasteiger partial charge in [-0.15, -0.1) is 0 Å². The van der Waals surface area contributed by atoms with Gasteiger partial charge in [0.1, 0.15) is 11.6 Å². The molecular weight excluding hydrogens is 395 g/mol. The number of nitrogens with two attached hydrogens (primary N) is 1. The molecule has 0 atom stereocenters. The number of hydrogen-bond donors (Lipinski definition) is 3. The number of aliphatic imine (C=N–C) groups is 1. The van der Waals surface area contributed by atoms with Crippen LogP contribution in [0.1, 0.15) is 30.9 Å². The van der Waals surface area contributed by atoms with Crippen LogP contribution < -0.4 is 21.3 Å². The topological polar surface area (TPSA) is 95.6 Å². The number of guanidine groups is 1. The average Bonchev–Trinajstić information content (AvgIpc) is 2.78. The molecule has 4 N–H and O–H groups in total. The number of nitrogens with zero attached hydrogens (tertiary/aromatic N) is 3. The second-order valence-corrected chi connectivity index (χ2v) is 7.65. The predicted molar refractivity (Wildman–Crippen MR) is 121 cm³/mol. The molecule has 1 amide bonds. The molecular formula is C23H31FN6O. The molecule has 1 aliphatic rings. The number of primary amides is 1. The van der Waals surface area contributed by atoms with Crippen LogP contribution >= 0.6 is 0 Å². The van der Waals surface area contributed by atoms with E-state index in [1.54, 1.807) is 18.3 Å². The summed E-state index contributed by atoms with van der Waals surface area (Å²) in [6.45, 7) is 5.40. The van der Waals surface area contributed by atoms with E-state index in [2.05, 4.69) is 20.5 Å². The Bertz CT molecular complexity index is 895. The Morgan fingerprint density at radius 2 is 2.06 bits per heavy atom. The summed E-state index contributed by atoms with van der Waals surface area (Å²) in [5.74, 6) is 1.13. The molecule has 2 aromatic rings. The molecule has 0 bridgehead atoms. The van der Waals surface area contributed by atoms with Gasteiger partial charge in [0.2, 0.25) is 5.91 Å². The number of aromatic nitrogens is 1. The van der Waals surface area contributed by atoms with Crippen LogP contribution in [0.3, 0.4) is 0 Å². The molecule has 3 rings (SSSR count). The Labute approximate surface area is 183 Å². The molecule has 31 heavy (non-hydrogen) atoms. The maximum Gasteiger partial charge on any atom is 0.220 e. The number of pyridine rings is 1. The first-order valence-electron chi connectivity index (χ1n) is 10.8. The average molecular weight is 427 g/mol. The zero-order valence-electron chi connectivity index (χ0n) is 18.0. The van der Waals surface area contributed by atoms with E-state index in [1.807, 2.05) is 25.1 Å². The Hall–Kier alpha value is -3.16. The minimum atomic E-state index is -0.220. The van der Waals surface area contributed by atoms with E-state index in [0.717, 1.165) is 49.4 Å². The van der Waals surface area contributed by atoms with Gasteiger partial charge in [-0.05, 0) is 49.9 Å². The highest BCUT2D eigenvalue weighted by atomic mass is 19.1. The number of rotatable bonds is 8. The first-order chi connectivity index (χ1) is 15.1. The van der Waals surface area contributed by atoms with Crippen LogP contribution in [-0.4, -0.2) is 43.0 Å². The fraction of sp³-hybridized carbons (Fsp3) is 0.435. The third kappa shape index (κ3) is 6.67. The number of carbonyl (C=O) groups is 1. The molecule has 1 fully saturated rings. The highest BCUT2D eigenvalue weighted by molar-refractivity contribution is 5.80. The molecule has 0 aliphatic carbocycles. The zero-order chi connectivity index (χ0) is 22.1. The highest BCUT2D eigenvalue weighted by Crippen LogP contribution is 2.24. The van der Waals surface area contributed by atoms with Gasteiger partial charge in [-0.1, -0.05) is 18.2 Å². The smallest absolute Gasteiger partial charge is 0.220 e. The van der Waals surface area contributed by atoms with Gasteiger partial charge in [-0.25, -0.2) is 14.4 Å². The first kappa shape index (κ1) is 22.5. The van der Waals surface area contributed by atoms with Gasteiger partial charge in [-0.2, -0.15) is 0 Å². The molecule has 1 aliphatic heterocycles. The van der Waals surface area contributed by atoms with E-state index in [9.17, 15) is 9.18 Å². The van der Waals surface area contributed by atoms with Crippen LogP contribution in [0.2, 0.25) is 0 Å². The molecule has 2 heterocycles. The van der Waals surface area contributed by atoms with E-state index < -0.39 is 0 Å². The summed E-state index contributed by atoms with van der Waals surface area (Å²) in [4.78, 5) is 22.9. The molecule has 0 spiro atoms. The normalized spacial score (nSPS) is 15.0. The van der Waals surface area contributed by atoms with E-state index >= 15 is 0 Å². The third-order valence-corrected chi connectivity index (χ3v) is 5.41. The van der Waals surface area contributed by atoms with E-state index in [0.29, 0.717) is 25.5 Å². The highest BCUT2D eigenvalue weighted by Gasteiger charge is 2.24. The lowest BCUT2D eigenvalue weighted by molar-refractivity contribution is -0.122. The standard InChI is InChI=1S/C23H31FN6O/c1-2-26-23(28-12-8-17-5-3-7-20(24)15-17)29-16-19-6-4-11-27-22(19)30-13-9-18(10-14-30)21(25)31/h3-7,11,15,18H,2,8-10,12-14,16H2,1H3,(H2,25,31)(H2,26,28,29). The quantitative estimate of drug-likeness (QED) is 0.444. The number of nitrogens with one attached hydrogen (secondary N) is 2. The molecule has 0 radical (unpaired) electrons. The van der Waals surface area contributed by atoms with Crippen LogP contribution in [0.15, 0.2) is 47.6 Å². The van der Waals surface area contributed by atoms with Crippen molar-refractivity contribution in [1.29, 1.82) is 0 Å². The van der Waals surface area contributed by atoms with Crippen LogP contribution in [0.25, 0.3) is 0 Å². The molecule has 0 unspecified atom stereocenters. The Balaban J connectivity index is 1.61. The minimum Gasteiger partial charge on any atom is -0.369 e. The van der Waals surface area contributed by atoms with Gasteiger partial charge in [0.15, 0.2) is 5.96 Å². The van der Waals surface area contributed by atoms with Crippen LogP contribution in [0.5, 0.6) is 0 Å². The lowest BCUT2D eigenvalue weighted by Crippen LogP contribution is -2.39. The number of hydrogen-bond acceptors (Lipinski definition) is 4. The van der Waals surface area contributed by atoms with Crippen LogP contribution in [0.4, 0.5) is 10.2 Å². The van der Waals surface area contributed by atoms with E-state index in [-0.39, 0.29) is 17.6 Å². The summed E-state index contributed by atoms with van der Waals surface area (Å²) in [5, 5.41) is 6.55. The van der Waals surface area contributed by atoms with Gasteiger partial charge >= 0.3 is 0 Å². The summed E-state index contributed by atoms with van der Waals surface area (Å²) in [7, 11) is 0. The van der Waals surface area contributed by atoms with Crippen LogP contribution in [0, 0.1) is 11.7 Å². The Morgan fingerprint density at radius 3 is 2.77 bits per heavy atom. The fourth-order valence-electron chi connectivity index (χ4n) is 3.74. The SMILES string of the molecule is CCNC(=NCc1cccnc1N1CCC(C(N)=O)CC1)NCCc1cccc(F)c1. The summed E-state index contributed by atoms with van der Waals surface area (Å²) >= 11 is 0. The van der Waals surface area contributed by atoms with Crippen molar-refractivity contribution in [1.82, 2.24) is 15.6 Å². The number of halogens is 1. The maximum atomic E-state index is 13.3. The van der Waals surface area contributed by atoms with E-state index in [4.69, 9.17) is 10.7 Å². The minimum absolute atomic E-state index is 0.0518. The van der Waals surface area contributed by atoms with Crippen LogP contribution in [-0.2, 0) is 17.8 Å². The van der Waals surface area contributed by atoms with Gasteiger partial charge < -0.3 is 21.3 Å². The lowest BCUT2D eigenvalue weighted by Gasteiger charge is -2.32. The van der Waals surface area contributed by atoms with Gasteiger partial charge in [0.05, 0.1) is 6.54 Å². The first-order valence-corrected chi connectivity index (χ1v) is 10.8. The fourth-order valence-corrected chi connectivity index (χ4v) is 3.74. The Morgan fingerprint density at radius 1 is 1.26 bits per heavy atom. The van der Waals surface area contributed by atoms with Crippen molar-refractivity contribution in [3.05, 3.63) is 59.5 Å². The third-order valence-electron chi connectivity index (χ3n) is 5.41. The number of carbonyl (C=O) groups excluding carboxylic acids is 1. The number of anilines is 1. The van der Waals surface area contributed by atoms with Crippen molar-refractivity contribution in [2.24, 2.45) is 16.6 Å². The van der Waals surface area contributed by atoms with Crippen molar-refractivity contribution in [3.63, 3.8) is 0 Å². The second kappa shape index (κ2) is 11.3. The summed E-state index contributed by atoms with van der Waals surface area (Å²) in [6.07, 6.45) is 3.98. The maximum absolute atomic E-state index is 13.3. The second-order valence-electron chi connectivity index (χ2n) is 7.65. The van der Waals surface area contributed by atoms with E-state index in [1.165, 1.54) is 6.07 Å². The molecule has 1 saturated heterocycles. The van der Waals surface area contributed by atoms with Crippen molar-refractivity contribution >= 4 is 17.7 Å². The largest absolute Gasteiger partial charge is 0.369 e. The van der Waals surface area contributed by atoms with Gasteiger partial charge in [0, 0.05) is 43.9 Å². The molecule has 7 nitrogen and oxygen atoms in total. The monoisotopic (exact) mass is 426 g/mol. The zero-order valence-corrected chi connectivity index (χ0v) is 18.0. The predicted octanol–water partition coefficient (Wildman–Crippen LogP) is 2.22. The molecule has 8 heteroatoms. The Kier molecular flexibility index (Phi) is 8.20. The number of benzene rings is 1. The summed E-state index contributed by atoms with van der Waals surface area (Å²) in [6, 6.07) is 10.6. The van der Waals surface area contributed by atoms with Crippen molar-refractivity contribution < 1.29 is 9.18 Å². The number of amides is 1. The molecule has 0 saturated carbocycles. The molecule has 166 valence electrons.